The van der Waals surface area contributed by atoms with Crippen LogP contribution in [0.1, 0.15) is 11.1 Å². The largest absolute Gasteiger partial charge is 0.333 e. The Balaban J connectivity index is 1.75. The Bertz CT molecular complexity index is 706. The number of rotatable bonds is 4. The second-order valence-electron chi connectivity index (χ2n) is 4.48. The number of halogens is 1. The molecular weight excluding hydrogens is 273 g/mol. The van der Waals surface area contributed by atoms with Gasteiger partial charge in [0.1, 0.15) is 5.82 Å². The van der Waals surface area contributed by atoms with E-state index < -0.39 is 0 Å². The van der Waals surface area contributed by atoms with Gasteiger partial charge in [-0.25, -0.2) is 9.37 Å². The highest BCUT2D eigenvalue weighted by Gasteiger charge is 2.05. The molecule has 0 aliphatic carbocycles. The number of para-hydroxylation sites is 2. The zero-order valence-electron chi connectivity index (χ0n) is 10.8. The van der Waals surface area contributed by atoms with Crippen LogP contribution in [0.25, 0.3) is 11.0 Å². The summed E-state index contributed by atoms with van der Waals surface area (Å²) >= 11 is 1.59. The fraction of sp³-hybridized carbons (Fsp3) is 0.133. The molecule has 102 valence electrons. The molecule has 0 saturated carbocycles. The van der Waals surface area contributed by atoms with Crippen LogP contribution in [0.2, 0.25) is 0 Å². The molecule has 0 aliphatic rings. The van der Waals surface area contributed by atoms with Crippen LogP contribution in [0.15, 0.2) is 47.6 Å². The lowest BCUT2D eigenvalue weighted by molar-refractivity contribution is 0.610. The van der Waals surface area contributed by atoms with Gasteiger partial charge in [-0.15, -0.1) is 0 Å². The second kappa shape index (κ2) is 5.64. The van der Waals surface area contributed by atoms with Gasteiger partial charge in [-0.3, -0.25) is 0 Å². The van der Waals surface area contributed by atoms with Crippen molar-refractivity contribution < 1.29 is 4.39 Å². The molecule has 3 nitrogen and oxygen atoms in total. The molecule has 0 saturated heterocycles. The van der Waals surface area contributed by atoms with E-state index in [0.29, 0.717) is 5.56 Å². The maximum Gasteiger partial charge on any atom is 0.166 e. The highest BCUT2D eigenvalue weighted by molar-refractivity contribution is 7.98. The summed E-state index contributed by atoms with van der Waals surface area (Å²) < 4.78 is 13.4. The summed E-state index contributed by atoms with van der Waals surface area (Å²) in [5.74, 6) is 0.484. The number of imidazole rings is 1. The third-order valence-electron chi connectivity index (χ3n) is 3.07. The number of benzene rings is 2. The minimum absolute atomic E-state index is 0.217. The van der Waals surface area contributed by atoms with Gasteiger partial charge in [0.15, 0.2) is 5.16 Å². The Morgan fingerprint density at radius 1 is 1.20 bits per heavy atom. The molecule has 3 N–H and O–H groups in total. The van der Waals surface area contributed by atoms with Crippen molar-refractivity contribution in [3.05, 3.63) is 59.4 Å². The Labute approximate surface area is 120 Å². The third kappa shape index (κ3) is 2.69. The number of hydrogen-bond acceptors (Lipinski definition) is 3. The predicted octanol–water partition coefficient (Wildman–Crippen LogP) is 3.45. The smallest absolute Gasteiger partial charge is 0.166 e. The molecule has 20 heavy (non-hydrogen) atoms. The van der Waals surface area contributed by atoms with E-state index in [0.717, 1.165) is 27.5 Å². The zero-order valence-corrected chi connectivity index (χ0v) is 11.6. The molecule has 0 amide bonds. The highest BCUT2D eigenvalue weighted by Crippen LogP contribution is 2.23. The van der Waals surface area contributed by atoms with Crippen LogP contribution < -0.4 is 5.73 Å². The van der Waals surface area contributed by atoms with Crippen LogP contribution in [0.5, 0.6) is 0 Å². The van der Waals surface area contributed by atoms with Gasteiger partial charge in [0.05, 0.1) is 11.0 Å². The number of hydrogen-bond donors (Lipinski definition) is 2. The minimum atomic E-state index is -0.245. The minimum Gasteiger partial charge on any atom is -0.333 e. The number of nitrogens with zero attached hydrogens (tertiary/aromatic N) is 1. The number of nitrogens with one attached hydrogen (secondary N) is 1. The molecule has 0 aliphatic heterocycles. The van der Waals surface area contributed by atoms with Gasteiger partial charge < -0.3 is 10.7 Å². The van der Waals surface area contributed by atoms with E-state index in [1.54, 1.807) is 17.8 Å². The topological polar surface area (TPSA) is 54.7 Å². The summed E-state index contributed by atoms with van der Waals surface area (Å²) in [6.45, 7) is 0.217. The van der Waals surface area contributed by atoms with Crippen molar-refractivity contribution in [1.82, 2.24) is 9.97 Å². The number of fused-ring (bicyclic) bond motifs is 1. The Morgan fingerprint density at radius 2 is 2.05 bits per heavy atom. The molecule has 1 heterocycles. The molecule has 0 bridgehead atoms. The van der Waals surface area contributed by atoms with Gasteiger partial charge in [0.2, 0.25) is 0 Å². The van der Waals surface area contributed by atoms with Crippen molar-refractivity contribution in [2.24, 2.45) is 5.73 Å². The van der Waals surface area contributed by atoms with Crippen molar-refractivity contribution in [2.75, 3.05) is 0 Å². The molecule has 2 aromatic carbocycles. The number of aromatic amines is 1. The molecule has 0 spiro atoms. The van der Waals surface area contributed by atoms with Gasteiger partial charge in [0.25, 0.3) is 0 Å². The predicted molar refractivity (Wildman–Crippen MR) is 79.9 cm³/mol. The van der Waals surface area contributed by atoms with Crippen molar-refractivity contribution in [3.63, 3.8) is 0 Å². The maximum absolute atomic E-state index is 13.4. The first-order valence-corrected chi connectivity index (χ1v) is 7.30. The normalized spacial score (nSPS) is 11.1. The van der Waals surface area contributed by atoms with Gasteiger partial charge in [0, 0.05) is 17.9 Å². The Kier molecular flexibility index (Phi) is 3.71. The quantitative estimate of drug-likeness (QED) is 0.723. The first-order valence-electron chi connectivity index (χ1n) is 6.31. The first-order chi connectivity index (χ1) is 9.76. The maximum atomic E-state index is 13.4. The van der Waals surface area contributed by atoms with Crippen LogP contribution in [0.3, 0.4) is 0 Å². The average Bonchev–Trinajstić information content (AvgIpc) is 2.89. The van der Waals surface area contributed by atoms with E-state index in [1.807, 2.05) is 30.3 Å². The molecule has 0 fully saturated rings. The lowest BCUT2D eigenvalue weighted by Crippen LogP contribution is -2.00. The lowest BCUT2D eigenvalue weighted by Gasteiger charge is -2.03. The molecule has 0 unspecified atom stereocenters. The Morgan fingerprint density at radius 3 is 2.85 bits per heavy atom. The summed E-state index contributed by atoms with van der Waals surface area (Å²) in [5.41, 5.74) is 9.08. The van der Waals surface area contributed by atoms with Crippen molar-refractivity contribution in [3.8, 4) is 0 Å². The van der Waals surface area contributed by atoms with Gasteiger partial charge >= 0.3 is 0 Å². The van der Waals surface area contributed by atoms with Crippen LogP contribution >= 0.6 is 11.8 Å². The SMILES string of the molecule is NCc1cc(CSc2nc3ccccc3[nH]2)ccc1F. The molecule has 3 rings (SSSR count). The van der Waals surface area contributed by atoms with E-state index in [1.165, 1.54) is 6.07 Å². The van der Waals surface area contributed by atoms with Crippen LogP contribution in [0, 0.1) is 5.82 Å². The molecule has 5 heteroatoms. The van der Waals surface area contributed by atoms with Gasteiger partial charge in [-0.2, -0.15) is 0 Å². The highest BCUT2D eigenvalue weighted by atomic mass is 32.2. The van der Waals surface area contributed by atoms with E-state index in [-0.39, 0.29) is 12.4 Å². The van der Waals surface area contributed by atoms with Crippen LogP contribution in [-0.2, 0) is 12.3 Å². The van der Waals surface area contributed by atoms with Gasteiger partial charge in [-0.05, 0) is 23.8 Å². The summed E-state index contributed by atoms with van der Waals surface area (Å²) in [6, 6.07) is 13.0. The van der Waals surface area contributed by atoms with Crippen LogP contribution in [-0.4, -0.2) is 9.97 Å². The van der Waals surface area contributed by atoms with E-state index >= 15 is 0 Å². The molecular formula is C15H14FN3S. The van der Waals surface area contributed by atoms with E-state index in [4.69, 9.17) is 5.73 Å². The summed E-state index contributed by atoms with van der Waals surface area (Å²) in [6.07, 6.45) is 0. The zero-order chi connectivity index (χ0) is 13.9. The number of aromatic nitrogens is 2. The third-order valence-corrected chi connectivity index (χ3v) is 4.02. The van der Waals surface area contributed by atoms with Crippen molar-refractivity contribution >= 4 is 22.8 Å². The molecule has 3 aromatic rings. The fourth-order valence-corrected chi connectivity index (χ4v) is 2.85. The molecule has 1 aromatic heterocycles. The average molecular weight is 287 g/mol. The van der Waals surface area contributed by atoms with Crippen LogP contribution in [0.4, 0.5) is 4.39 Å². The second-order valence-corrected chi connectivity index (χ2v) is 5.44. The van der Waals surface area contributed by atoms with Gasteiger partial charge in [-0.1, -0.05) is 36.0 Å². The van der Waals surface area contributed by atoms with Crippen molar-refractivity contribution in [1.29, 1.82) is 0 Å². The van der Waals surface area contributed by atoms with Crippen molar-refractivity contribution in [2.45, 2.75) is 17.5 Å². The monoisotopic (exact) mass is 287 g/mol. The fourth-order valence-electron chi connectivity index (χ4n) is 2.02. The van der Waals surface area contributed by atoms with E-state index in [9.17, 15) is 4.39 Å². The number of H-pyrrole nitrogens is 1. The Hall–Kier alpha value is -1.85. The summed E-state index contributed by atoms with van der Waals surface area (Å²) in [4.78, 5) is 7.76. The summed E-state index contributed by atoms with van der Waals surface area (Å²) in [5, 5.41) is 0.866. The molecule has 0 radical (unpaired) electrons. The first kappa shape index (κ1) is 13.1. The van der Waals surface area contributed by atoms with E-state index in [2.05, 4.69) is 9.97 Å². The summed E-state index contributed by atoms with van der Waals surface area (Å²) in [7, 11) is 0. The number of nitrogens with two attached hydrogens (primary N) is 1. The standard InChI is InChI=1S/C15H14FN3S/c16-12-6-5-10(7-11(12)8-17)9-20-15-18-13-3-1-2-4-14(13)19-15/h1-7H,8-9,17H2,(H,18,19). The lowest BCUT2D eigenvalue weighted by atomic mass is 10.1. The molecule has 0 atom stereocenters. The number of thioether (sulfide) groups is 1.